The van der Waals surface area contributed by atoms with Crippen molar-refractivity contribution in [1.82, 2.24) is 10.6 Å². The van der Waals surface area contributed by atoms with Crippen molar-refractivity contribution in [1.29, 1.82) is 5.26 Å². The van der Waals surface area contributed by atoms with E-state index in [1.165, 1.54) is 31.2 Å². The minimum atomic E-state index is -1.08. The molecule has 2 amide bonds. The van der Waals surface area contributed by atoms with Crippen LogP contribution in [0, 0.1) is 11.3 Å². The Bertz CT molecular complexity index is 1030. The quantitative estimate of drug-likeness (QED) is 0.346. The van der Waals surface area contributed by atoms with Crippen molar-refractivity contribution in [3.63, 3.8) is 0 Å². The van der Waals surface area contributed by atoms with Crippen molar-refractivity contribution >= 4 is 23.7 Å². The van der Waals surface area contributed by atoms with E-state index in [0.29, 0.717) is 5.56 Å². The van der Waals surface area contributed by atoms with Crippen molar-refractivity contribution in [2.75, 3.05) is 6.61 Å². The van der Waals surface area contributed by atoms with Crippen LogP contribution in [0.4, 0.5) is 0 Å². The first-order valence-corrected chi connectivity index (χ1v) is 10.6. The number of nitriles is 1. The van der Waals surface area contributed by atoms with Crippen LogP contribution in [-0.4, -0.2) is 47.4 Å². The number of aromatic hydroxyl groups is 1. The van der Waals surface area contributed by atoms with E-state index in [4.69, 9.17) is 15.7 Å². The van der Waals surface area contributed by atoms with Crippen molar-refractivity contribution in [2.45, 2.75) is 38.1 Å². The van der Waals surface area contributed by atoms with Gasteiger partial charge in [-0.05, 0) is 29.3 Å². The van der Waals surface area contributed by atoms with Crippen LogP contribution >= 0.6 is 0 Å². The Labute approximate surface area is 198 Å². The van der Waals surface area contributed by atoms with E-state index >= 15 is 0 Å². The molecule has 0 saturated carbocycles. The van der Waals surface area contributed by atoms with Crippen molar-refractivity contribution in [3.8, 4) is 11.8 Å². The SMILES string of the molecule is CC(=O)N[C@H](COCc1ccccc1)C(=O)NC(CC(N)C#N)C(=O)/C=C/c1ccc(O)cc1. The fourth-order valence-corrected chi connectivity index (χ4v) is 3.00. The summed E-state index contributed by atoms with van der Waals surface area (Å²) in [6, 6.07) is 14.2. The van der Waals surface area contributed by atoms with Gasteiger partial charge in [0.25, 0.3) is 0 Å². The van der Waals surface area contributed by atoms with Gasteiger partial charge >= 0.3 is 0 Å². The summed E-state index contributed by atoms with van der Waals surface area (Å²) >= 11 is 0. The van der Waals surface area contributed by atoms with Crippen LogP contribution in [0.1, 0.15) is 24.5 Å². The van der Waals surface area contributed by atoms with Gasteiger partial charge < -0.3 is 26.2 Å². The van der Waals surface area contributed by atoms with Crippen molar-refractivity contribution in [2.24, 2.45) is 5.73 Å². The minimum Gasteiger partial charge on any atom is -0.508 e. The molecule has 2 aromatic carbocycles. The lowest BCUT2D eigenvalue weighted by atomic mass is 10.0. The van der Waals surface area contributed by atoms with Crippen LogP contribution in [0.3, 0.4) is 0 Å². The molecule has 0 aliphatic carbocycles. The summed E-state index contributed by atoms with van der Waals surface area (Å²) in [5.41, 5.74) is 7.26. The zero-order valence-corrected chi connectivity index (χ0v) is 18.8. The van der Waals surface area contributed by atoms with E-state index in [2.05, 4.69) is 10.6 Å². The number of hydrogen-bond donors (Lipinski definition) is 4. The van der Waals surface area contributed by atoms with Crippen molar-refractivity contribution in [3.05, 3.63) is 71.8 Å². The lowest BCUT2D eigenvalue weighted by Gasteiger charge is -2.22. The molecule has 2 aromatic rings. The minimum absolute atomic E-state index is 0.0899. The Balaban J connectivity index is 2.08. The average Bonchev–Trinajstić information content (AvgIpc) is 2.82. The maximum absolute atomic E-state index is 12.9. The van der Waals surface area contributed by atoms with E-state index in [-0.39, 0.29) is 25.4 Å². The number of phenols is 1. The molecule has 0 radical (unpaired) electrons. The first-order valence-electron chi connectivity index (χ1n) is 10.6. The van der Waals surface area contributed by atoms with Gasteiger partial charge in [0.1, 0.15) is 11.8 Å². The third-order valence-electron chi connectivity index (χ3n) is 4.74. The van der Waals surface area contributed by atoms with E-state index in [1.807, 2.05) is 36.4 Å². The highest BCUT2D eigenvalue weighted by Crippen LogP contribution is 2.11. The standard InChI is InChI=1S/C25H28N4O5/c1-17(30)28-23(16-34-15-19-5-3-2-4-6-19)25(33)29-22(13-20(27)14-26)24(32)12-9-18-7-10-21(31)11-8-18/h2-12,20,22-23,31H,13,15-16,27H2,1H3,(H,28,30)(H,29,33)/b12-9+/t20?,22?,23-/m1/s1. The molecular weight excluding hydrogens is 436 g/mol. The molecule has 5 N–H and O–H groups in total. The van der Waals surface area contributed by atoms with E-state index in [1.54, 1.807) is 12.1 Å². The normalized spacial score (nSPS) is 13.4. The maximum atomic E-state index is 12.9. The summed E-state index contributed by atoms with van der Waals surface area (Å²) < 4.78 is 5.59. The lowest BCUT2D eigenvalue weighted by Crippen LogP contribution is -2.53. The summed E-state index contributed by atoms with van der Waals surface area (Å²) in [6.45, 7) is 1.39. The van der Waals surface area contributed by atoms with Gasteiger partial charge in [-0.1, -0.05) is 48.5 Å². The van der Waals surface area contributed by atoms with Gasteiger partial charge in [0, 0.05) is 13.3 Å². The second-order valence-corrected chi connectivity index (χ2v) is 7.61. The number of hydrogen-bond acceptors (Lipinski definition) is 7. The van der Waals surface area contributed by atoms with Gasteiger partial charge in [0.2, 0.25) is 11.8 Å². The smallest absolute Gasteiger partial charge is 0.245 e. The van der Waals surface area contributed by atoms with Crippen LogP contribution in [0.25, 0.3) is 6.08 Å². The number of ether oxygens (including phenoxy) is 1. The Kier molecular flexibility index (Phi) is 10.4. The third-order valence-corrected chi connectivity index (χ3v) is 4.74. The molecule has 2 rings (SSSR count). The predicted octanol–water partition coefficient (Wildman–Crippen LogP) is 1.42. The number of ketones is 1. The van der Waals surface area contributed by atoms with E-state index in [9.17, 15) is 19.5 Å². The van der Waals surface area contributed by atoms with Crippen LogP contribution in [0.5, 0.6) is 5.75 Å². The molecule has 0 aromatic heterocycles. The van der Waals surface area contributed by atoms with E-state index in [0.717, 1.165) is 5.56 Å². The average molecular weight is 465 g/mol. The molecule has 0 aliphatic heterocycles. The summed E-state index contributed by atoms with van der Waals surface area (Å²) in [5, 5.41) is 23.5. The van der Waals surface area contributed by atoms with Crippen molar-refractivity contribution < 1.29 is 24.2 Å². The second-order valence-electron chi connectivity index (χ2n) is 7.61. The number of nitrogens with two attached hydrogens (primary N) is 1. The molecule has 9 nitrogen and oxygen atoms in total. The van der Waals surface area contributed by atoms with Crippen LogP contribution in [0.2, 0.25) is 0 Å². The monoisotopic (exact) mass is 464 g/mol. The highest BCUT2D eigenvalue weighted by Gasteiger charge is 2.27. The Hall–Kier alpha value is -4.00. The maximum Gasteiger partial charge on any atom is 0.245 e. The second kappa shape index (κ2) is 13.5. The molecule has 34 heavy (non-hydrogen) atoms. The molecule has 9 heteroatoms. The first-order chi connectivity index (χ1) is 16.3. The van der Waals surface area contributed by atoms with Gasteiger partial charge in [0.15, 0.2) is 5.78 Å². The molecule has 0 fully saturated rings. The molecule has 178 valence electrons. The third kappa shape index (κ3) is 9.24. The number of nitrogens with one attached hydrogen (secondary N) is 2. The number of nitrogens with zero attached hydrogens (tertiary/aromatic N) is 1. The Morgan fingerprint density at radius 1 is 1.09 bits per heavy atom. The van der Waals surface area contributed by atoms with Crippen LogP contribution < -0.4 is 16.4 Å². The highest BCUT2D eigenvalue weighted by atomic mass is 16.5. The number of benzene rings is 2. The molecule has 0 bridgehead atoms. The van der Waals surface area contributed by atoms with Gasteiger partial charge in [-0.15, -0.1) is 0 Å². The van der Waals surface area contributed by atoms with Gasteiger partial charge in [-0.25, -0.2) is 0 Å². The Morgan fingerprint density at radius 2 is 1.76 bits per heavy atom. The molecule has 0 aliphatic rings. The first kappa shape index (κ1) is 26.3. The van der Waals surface area contributed by atoms with Gasteiger partial charge in [-0.3, -0.25) is 14.4 Å². The summed E-state index contributed by atoms with van der Waals surface area (Å²) in [6.07, 6.45) is 2.67. The number of carbonyl (C=O) groups is 3. The largest absolute Gasteiger partial charge is 0.508 e. The molecule has 3 atom stereocenters. The molecule has 0 saturated heterocycles. The molecule has 2 unspecified atom stereocenters. The van der Waals surface area contributed by atoms with Crippen LogP contribution in [-0.2, 0) is 25.7 Å². The lowest BCUT2D eigenvalue weighted by molar-refractivity contribution is -0.131. The number of rotatable bonds is 12. The molecular formula is C25H28N4O5. The van der Waals surface area contributed by atoms with Gasteiger partial charge in [-0.2, -0.15) is 5.26 Å². The summed E-state index contributed by atoms with van der Waals surface area (Å²) in [7, 11) is 0. The highest BCUT2D eigenvalue weighted by molar-refractivity contribution is 6.00. The molecule has 0 heterocycles. The zero-order chi connectivity index (χ0) is 24.9. The van der Waals surface area contributed by atoms with E-state index < -0.39 is 35.7 Å². The topological polar surface area (TPSA) is 155 Å². The number of carbonyl (C=O) groups excluding carboxylic acids is 3. The number of phenolic OH excluding ortho intramolecular Hbond substituents is 1. The predicted molar refractivity (Wildman–Crippen MR) is 126 cm³/mol. The zero-order valence-electron chi connectivity index (χ0n) is 18.8. The van der Waals surface area contributed by atoms with Gasteiger partial charge in [0.05, 0.1) is 31.4 Å². The molecule has 0 spiro atoms. The number of amides is 2. The Morgan fingerprint density at radius 3 is 2.38 bits per heavy atom. The summed E-state index contributed by atoms with van der Waals surface area (Å²) in [5.74, 6) is -1.46. The fourth-order valence-electron chi connectivity index (χ4n) is 3.00. The fraction of sp³-hybridized carbons (Fsp3) is 0.280. The van der Waals surface area contributed by atoms with Crippen LogP contribution in [0.15, 0.2) is 60.7 Å². The summed E-state index contributed by atoms with van der Waals surface area (Å²) in [4.78, 5) is 37.3.